The monoisotopic (exact) mass is 265 g/mol. The summed E-state index contributed by atoms with van der Waals surface area (Å²) in [6.07, 6.45) is 0. The molecule has 4 heteroatoms. The molecular weight excluding hydrogens is 262 g/mol. The molecule has 50 valence electrons. The van der Waals surface area contributed by atoms with Gasteiger partial charge in [0.1, 0.15) is 3.57 Å². The number of nitrogens with zero attached hydrogens (tertiary/aromatic N) is 2. The highest BCUT2D eigenvalue weighted by atomic mass is 127. The van der Waals surface area contributed by atoms with Crippen molar-refractivity contribution in [3.8, 4) is 0 Å². The zero-order valence-electron chi connectivity index (χ0n) is 4.88. The predicted molar refractivity (Wildman–Crippen MR) is 48.9 cm³/mol. The van der Waals surface area contributed by atoms with Gasteiger partial charge < -0.3 is 0 Å². The summed E-state index contributed by atoms with van der Waals surface area (Å²) in [6.45, 7) is 0. The minimum Gasteiger partial charge on any atom is -0.0843 e. The molecule has 0 N–H and O–H groups in total. The number of benzene rings is 1. The van der Waals surface area contributed by atoms with Gasteiger partial charge in [-0.3, -0.25) is 0 Å². The van der Waals surface area contributed by atoms with Crippen LogP contribution in [0.1, 0.15) is 0 Å². The lowest BCUT2D eigenvalue weighted by molar-refractivity contribution is 1.45. The Morgan fingerprint density at radius 3 is 2.70 bits per heavy atom. The summed E-state index contributed by atoms with van der Waals surface area (Å²) in [7, 11) is 0. The van der Waals surface area contributed by atoms with Gasteiger partial charge in [-0.05, 0) is 34.7 Å². The Labute approximate surface area is 77.0 Å². The molecule has 0 aliphatic rings. The molecule has 1 aromatic rings. The maximum Gasteiger partial charge on any atom is 0.398 e. The molecule has 1 aromatic carbocycles. The maximum absolute atomic E-state index is 8.39. The van der Waals surface area contributed by atoms with Gasteiger partial charge in [-0.1, -0.05) is 11.6 Å². The van der Waals surface area contributed by atoms with Crippen molar-refractivity contribution in [2.24, 2.45) is 0 Å². The van der Waals surface area contributed by atoms with Crippen LogP contribution in [0, 0.1) is 8.96 Å². The molecule has 1 rings (SSSR count). The number of hydrogen-bond acceptors (Lipinski definition) is 1. The summed E-state index contributed by atoms with van der Waals surface area (Å²) in [5.41, 5.74) is 0.546. The number of diazo groups is 1. The molecule has 0 radical (unpaired) electrons. The lowest BCUT2D eigenvalue weighted by atomic mass is 10.3. The first-order valence-corrected chi connectivity index (χ1v) is 4.00. The molecule has 0 heterocycles. The Morgan fingerprint density at radius 2 is 2.20 bits per heavy atom. The highest BCUT2D eigenvalue weighted by Gasteiger charge is 2.09. The number of halogens is 2. The van der Waals surface area contributed by atoms with E-state index < -0.39 is 0 Å². The smallest absolute Gasteiger partial charge is 0.0843 e. The van der Waals surface area contributed by atoms with Crippen molar-refractivity contribution in [2.45, 2.75) is 0 Å². The van der Waals surface area contributed by atoms with Crippen LogP contribution in [-0.4, -0.2) is 0 Å². The third kappa shape index (κ3) is 1.58. The fourth-order valence-electron chi connectivity index (χ4n) is 0.562. The Bertz CT molecular complexity index is 292. The predicted octanol–water partition coefficient (Wildman–Crippen LogP) is 3.43. The van der Waals surface area contributed by atoms with Crippen molar-refractivity contribution in [2.75, 3.05) is 0 Å². The van der Waals surface area contributed by atoms with E-state index >= 15 is 0 Å². The minimum atomic E-state index is 0.546. The van der Waals surface area contributed by atoms with Crippen LogP contribution in [0.2, 0.25) is 5.02 Å². The molecule has 0 unspecified atom stereocenters. The van der Waals surface area contributed by atoms with Crippen LogP contribution in [0.15, 0.2) is 18.2 Å². The quantitative estimate of drug-likeness (QED) is 0.522. The standard InChI is InChI=1S/C6H3ClIN2/c7-4-1-2-6(10-9)5(8)3-4/h1-3H/q+1. The average Bonchev–Trinajstić information content (AvgIpc) is 1.88. The highest BCUT2D eigenvalue weighted by Crippen LogP contribution is 2.24. The van der Waals surface area contributed by atoms with Gasteiger partial charge in [0.15, 0.2) is 4.98 Å². The molecule has 2 nitrogen and oxygen atoms in total. The lowest BCUT2D eigenvalue weighted by Crippen LogP contribution is -1.69. The van der Waals surface area contributed by atoms with Crippen LogP contribution in [0.4, 0.5) is 5.69 Å². The Balaban J connectivity index is 3.23. The highest BCUT2D eigenvalue weighted by molar-refractivity contribution is 14.1. The minimum absolute atomic E-state index is 0.546. The normalized spacial score (nSPS) is 8.90. The number of rotatable bonds is 0. The first-order chi connectivity index (χ1) is 4.74. The Morgan fingerprint density at radius 1 is 1.50 bits per heavy atom. The SMILES string of the molecule is N#[N+]c1ccc(Cl)cc1I. The molecule has 0 fully saturated rings. The third-order valence-corrected chi connectivity index (χ3v) is 2.12. The van der Waals surface area contributed by atoms with E-state index in [-0.39, 0.29) is 0 Å². The first-order valence-electron chi connectivity index (χ1n) is 2.54. The van der Waals surface area contributed by atoms with Crippen molar-refractivity contribution >= 4 is 39.9 Å². The summed E-state index contributed by atoms with van der Waals surface area (Å²) in [6, 6.07) is 5.07. The summed E-state index contributed by atoms with van der Waals surface area (Å²) < 4.78 is 0.840. The van der Waals surface area contributed by atoms with Gasteiger partial charge in [0.2, 0.25) is 5.39 Å². The van der Waals surface area contributed by atoms with Gasteiger partial charge >= 0.3 is 5.69 Å². The molecule has 0 amide bonds. The van der Waals surface area contributed by atoms with Gasteiger partial charge in [-0.2, -0.15) is 0 Å². The molecule has 0 atom stereocenters. The Kier molecular flexibility index (Phi) is 2.46. The first kappa shape index (κ1) is 7.76. The van der Waals surface area contributed by atoms with E-state index in [4.69, 9.17) is 17.0 Å². The van der Waals surface area contributed by atoms with Gasteiger partial charge in [0, 0.05) is 11.1 Å². The summed E-state index contributed by atoms with van der Waals surface area (Å²) in [5.74, 6) is 0. The summed E-state index contributed by atoms with van der Waals surface area (Å²) in [4.78, 5) is 3.05. The second-order valence-corrected chi connectivity index (χ2v) is 3.29. The van der Waals surface area contributed by atoms with E-state index in [2.05, 4.69) is 4.98 Å². The Hall–Kier alpha value is -0.340. The zero-order chi connectivity index (χ0) is 7.56. The van der Waals surface area contributed by atoms with E-state index in [0.717, 1.165) is 3.57 Å². The topological polar surface area (TPSA) is 28.1 Å². The maximum atomic E-state index is 8.39. The molecule has 0 bridgehead atoms. The summed E-state index contributed by atoms with van der Waals surface area (Å²) in [5, 5.41) is 9.04. The van der Waals surface area contributed by atoms with E-state index in [1.54, 1.807) is 18.2 Å². The third-order valence-electron chi connectivity index (χ3n) is 1.02. The van der Waals surface area contributed by atoms with Crippen LogP contribution >= 0.6 is 34.2 Å². The number of hydrogen-bond donors (Lipinski definition) is 0. The van der Waals surface area contributed by atoms with E-state index in [9.17, 15) is 0 Å². The summed E-state index contributed by atoms with van der Waals surface area (Å²) >= 11 is 7.69. The molecule has 0 saturated carbocycles. The van der Waals surface area contributed by atoms with E-state index in [1.165, 1.54) is 0 Å². The van der Waals surface area contributed by atoms with Crippen molar-refractivity contribution in [1.82, 2.24) is 0 Å². The fourth-order valence-corrected chi connectivity index (χ4v) is 1.54. The van der Waals surface area contributed by atoms with Crippen molar-refractivity contribution in [3.05, 3.63) is 31.8 Å². The van der Waals surface area contributed by atoms with Gasteiger partial charge in [-0.25, -0.2) is 0 Å². The molecule has 10 heavy (non-hydrogen) atoms. The van der Waals surface area contributed by atoms with Gasteiger partial charge in [0.05, 0.1) is 0 Å². The van der Waals surface area contributed by atoms with Crippen molar-refractivity contribution in [3.63, 3.8) is 0 Å². The zero-order valence-corrected chi connectivity index (χ0v) is 7.80. The van der Waals surface area contributed by atoms with Crippen LogP contribution < -0.4 is 0 Å². The van der Waals surface area contributed by atoms with Crippen molar-refractivity contribution < 1.29 is 0 Å². The van der Waals surface area contributed by atoms with Crippen LogP contribution in [0.25, 0.3) is 4.98 Å². The van der Waals surface area contributed by atoms with Gasteiger partial charge in [0.25, 0.3) is 0 Å². The van der Waals surface area contributed by atoms with E-state index in [1.807, 2.05) is 22.6 Å². The molecule has 0 saturated heterocycles. The average molecular weight is 265 g/mol. The van der Waals surface area contributed by atoms with Crippen LogP contribution in [0.3, 0.4) is 0 Å². The van der Waals surface area contributed by atoms with Crippen LogP contribution in [0.5, 0.6) is 0 Å². The fraction of sp³-hybridized carbons (Fsp3) is 0. The van der Waals surface area contributed by atoms with Crippen LogP contribution in [-0.2, 0) is 0 Å². The molecule has 0 spiro atoms. The molecule has 0 aliphatic heterocycles. The molecular formula is C6H3ClIN2+. The molecule has 0 aromatic heterocycles. The largest absolute Gasteiger partial charge is 0.398 e. The van der Waals surface area contributed by atoms with E-state index in [0.29, 0.717) is 10.7 Å². The van der Waals surface area contributed by atoms with Gasteiger partial charge in [-0.15, -0.1) is 0 Å². The molecule has 0 aliphatic carbocycles. The second-order valence-electron chi connectivity index (χ2n) is 1.70. The second kappa shape index (κ2) is 3.17. The van der Waals surface area contributed by atoms with Crippen molar-refractivity contribution in [1.29, 1.82) is 5.39 Å². The lowest BCUT2D eigenvalue weighted by Gasteiger charge is -1.85.